The van der Waals surface area contributed by atoms with Gasteiger partial charge in [-0.05, 0) is 24.1 Å². The van der Waals surface area contributed by atoms with E-state index in [9.17, 15) is 0 Å². The molecular formula is C9H10Cl2. The van der Waals surface area contributed by atoms with E-state index in [1.165, 1.54) is 0 Å². The molecule has 0 N–H and O–H groups in total. The zero-order valence-corrected chi connectivity index (χ0v) is 7.91. The Bertz CT molecular complexity index is 223. The summed E-state index contributed by atoms with van der Waals surface area (Å²) < 4.78 is 0. The molecule has 0 spiro atoms. The first-order valence-electron chi connectivity index (χ1n) is 3.68. The number of hydrogen-bond donors (Lipinski definition) is 0. The summed E-state index contributed by atoms with van der Waals surface area (Å²) in [6.07, 6.45) is 2.03. The SMILES string of the molecule is CCCc1c(Cl)cccc1Cl. The van der Waals surface area contributed by atoms with Gasteiger partial charge in [-0.15, -0.1) is 0 Å². The highest BCUT2D eigenvalue weighted by Gasteiger charge is 2.02. The fourth-order valence-corrected chi connectivity index (χ4v) is 1.61. The zero-order chi connectivity index (χ0) is 8.27. The van der Waals surface area contributed by atoms with Gasteiger partial charge in [0.1, 0.15) is 0 Å². The third kappa shape index (κ3) is 2.11. The van der Waals surface area contributed by atoms with Crippen LogP contribution in [0.2, 0.25) is 10.0 Å². The minimum absolute atomic E-state index is 0.777. The summed E-state index contributed by atoms with van der Waals surface area (Å²) in [4.78, 5) is 0. The minimum atomic E-state index is 0.777. The van der Waals surface area contributed by atoms with Crippen LogP contribution >= 0.6 is 23.2 Å². The predicted molar refractivity (Wildman–Crippen MR) is 50.5 cm³/mol. The van der Waals surface area contributed by atoms with Crippen LogP contribution in [0.25, 0.3) is 0 Å². The number of rotatable bonds is 2. The highest BCUT2D eigenvalue weighted by molar-refractivity contribution is 6.35. The molecule has 0 bridgehead atoms. The van der Waals surface area contributed by atoms with Crippen LogP contribution < -0.4 is 0 Å². The first-order chi connectivity index (χ1) is 5.25. The first-order valence-corrected chi connectivity index (χ1v) is 4.44. The van der Waals surface area contributed by atoms with E-state index >= 15 is 0 Å². The van der Waals surface area contributed by atoms with Crippen LogP contribution in [0.1, 0.15) is 18.9 Å². The van der Waals surface area contributed by atoms with Crippen molar-refractivity contribution in [1.29, 1.82) is 0 Å². The van der Waals surface area contributed by atoms with Crippen molar-refractivity contribution in [2.24, 2.45) is 0 Å². The van der Waals surface area contributed by atoms with Gasteiger partial charge in [0, 0.05) is 10.0 Å². The maximum absolute atomic E-state index is 5.92. The molecule has 0 amide bonds. The largest absolute Gasteiger partial charge is 0.0840 e. The molecule has 0 saturated heterocycles. The predicted octanol–water partition coefficient (Wildman–Crippen LogP) is 3.95. The summed E-state index contributed by atoms with van der Waals surface area (Å²) in [6, 6.07) is 5.61. The quantitative estimate of drug-likeness (QED) is 0.660. The minimum Gasteiger partial charge on any atom is -0.0840 e. The van der Waals surface area contributed by atoms with Crippen molar-refractivity contribution < 1.29 is 0 Å². The molecule has 0 heterocycles. The molecule has 2 heteroatoms. The molecule has 1 rings (SSSR count). The Morgan fingerprint density at radius 1 is 1.18 bits per heavy atom. The molecule has 0 fully saturated rings. The molecule has 0 nitrogen and oxygen atoms in total. The fourth-order valence-electron chi connectivity index (χ4n) is 1.02. The summed E-state index contributed by atoms with van der Waals surface area (Å²) in [5, 5.41) is 1.55. The fraction of sp³-hybridized carbons (Fsp3) is 0.333. The lowest BCUT2D eigenvalue weighted by atomic mass is 10.1. The lowest BCUT2D eigenvalue weighted by Crippen LogP contribution is -1.85. The lowest BCUT2D eigenvalue weighted by Gasteiger charge is -2.03. The summed E-state index contributed by atoms with van der Waals surface area (Å²) >= 11 is 11.8. The summed E-state index contributed by atoms with van der Waals surface area (Å²) in [7, 11) is 0. The molecule has 1 aromatic carbocycles. The van der Waals surface area contributed by atoms with E-state index in [0.29, 0.717) is 0 Å². The van der Waals surface area contributed by atoms with Crippen molar-refractivity contribution in [1.82, 2.24) is 0 Å². The molecule has 0 unspecified atom stereocenters. The monoisotopic (exact) mass is 188 g/mol. The van der Waals surface area contributed by atoms with Gasteiger partial charge < -0.3 is 0 Å². The molecule has 11 heavy (non-hydrogen) atoms. The summed E-state index contributed by atoms with van der Waals surface area (Å²) in [6.45, 7) is 2.11. The van der Waals surface area contributed by atoms with E-state index in [4.69, 9.17) is 23.2 Å². The van der Waals surface area contributed by atoms with Crippen LogP contribution in [0, 0.1) is 0 Å². The van der Waals surface area contributed by atoms with Crippen molar-refractivity contribution >= 4 is 23.2 Å². The van der Waals surface area contributed by atoms with Gasteiger partial charge in [-0.25, -0.2) is 0 Å². The average molecular weight is 189 g/mol. The third-order valence-corrected chi connectivity index (χ3v) is 2.27. The van der Waals surface area contributed by atoms with E-state index in [2.05, 4.69) is 6.92 Å². The van der Waals surface area contributed by atoms with E-state index in [1.807, 2.05) is 18.2 Å². The van der Waals surface area contributed by atoms with Crippen molar-refractivity contribution in [3.63, 3.8) is 0 Å². The Hall–Kier alpha value is -0.200. The van der Waals surface area contributed by atoms with Gasteiger partial charge in [-0.1, -0.05) is 42.6 Å². The van der Waals surface area contributed by atoms with Crippen LogP contribution in [0.15, 0.2) is 18.2 Å². The summed E-state index contributed by atoms with van der Waals surface area (Å²) in [5.41, 5.74) is 1.07. The maximum atomic E-state index is 5.92. The molecule has 0 aliphatic rings. The molecule has 0 radical (unpaired) electrons. The molecule has 60 valence electrons. The van der Waals surface area contributed by atoms with Crippen LogP contribution in [0.4, 0.5) is 0 Å². The van der Waals surface area contributed by atoms with Gasteiger partial charge in [-0.3, -0.25) is 0 Å². The number of hydrogen-bond acceptors (Lipinski definition) is 0. The molecule has 1 aromatic rings. The molecule has 0 atom stereocenters. The Morgan fingerprint density at radius 3 is 2.18 bits per heavy atom. The molecule has 0 aliphatic carbocycles. The van der Waals surface area contributed by atoms with Gasteiger partial charge >= 0.3 is 0 Å². The highest BCUT2D eigenvalue weighted by Crippen LogP contribution is 2.25. The zero-order valence-electron chi connectivity index (χ0n) is 6.40. The van der Waals surface area contributed by atoms with E-state index in [-0.39, 0.29) is 0 Å². The van der Waals surface area contributed by atoms with Crippen molar-refractivity contribution in [2.45, 2.75) is 19.8 Å². The van der Waals surface area contributed by atoms with Crippen LogP contribution in [0.3, 0.4) is 0 Å². The van der Waals surface area contributed by atoms with Crippen LogP contribution in [-0.2, 0) is 6.42 Å². The van der Waals surface area contributed by atoms with Gasteiger partial charge in [-0.2, -0.15) is 0 Å². The summed E-state index contributed by atoms with van der Waals surface area (Å²) in [5.74, 6) is 0. The molecule has 0 aromatic heterocycles. The van der Waals surface area contributed by atoms with Gasteiger partial charge in [0.15, 0.2) is 0 Å². The third-order valence-electron chi connectivity index (χ3n) is 1.56. The molecular weight excluding hydrogens is 179 g/mol. The van der Waals surface area contributed by atoms with Gasteiger partial charge in [0.25, 0.3) is 0 Å². The Kier molecular flexibility index (Phi) is 3.22. The Balaban J connectivity index is 3.00. The van der Waals surface area contributed by atoms with Crippen molar-refractivity contribution in [2.75, 3.05) is 0 Å². The molecule has 0 saturated carbocycles. The van der Waals surface area contributed by atoms with E-state index in [0.717, 1.165) is 28.5 Å². The Morgan fingerprint density at radius 2 is 1.73 bits per heavy atom. The number of halogens is 2. The maximum Gasteiger partial charge on any atom is 0.0452 e. The second kappa shape index (κ2) is 3.99. The van der Waals surface area contributed by atoms with Crippen molar-refractivity contribution in [3.8, 4) is 0 Å². The van der Waals surface area contributed by atoms with Crippen LogP contribution in [0.5, 0.6) is 0 Å². The van der Waals surface area contributed by atoms with E-state index in [1.54, 1.807) is 0 Å². The normalized spacial score (nSPS) is 10.1. The van der Waals surface area contributed by atoms with Crippen LogP contribution in [-0.4, -0.2) is 0 Å². The topological polar surface area (TPSA) is 0 Å². The average Bonchev–Trinajstić information content (AvgIpc) is 1.97. The second-order valence-electron chi connectivity index (χ2n) is 2.45. The molecule has 0 aliphatic heterocycles. The standard InChI is InChI=1S/C9H10Cl2/c1-2-4-7-8(10)5-3-6-9(7)11/h3,5-6H,2,4H2,1H3. The van der Waals surface area contributed by atoms with Gasteiger partial charge in [0.05, 0.1) is 0 Å². The number of benzene rings is 1. The first kappa shape index (κ1) is 8.89. The second-order valence-corrected chi connectivity index (χ2v) is 3.26. The van der Waals surface area contributed by atoms with Crippen molar-refractivity contribution in [3.05, 3.63) is 33.8 Å². The van der Waals surface area contributed by atoms with Gasteiger partial charge in [0.2, 0.25) is 0 Å². The van der Waals surface area contributed by atoms with E-state index < -0.39 is 0 Å². The smallest absolute Gasteiger partial charge is 0.0452 e. The Labute approximate surface area is 77.1 Å². The highest BCUT2D eigenvalue weighted by atomic mass is 35.5. The lowest BCUT2D eigenvalue weighted by molar-refractivity contribution is 0.922.